The Morgan fingerprint density at radius 1 is 1.18 bits per heavy atom. The highest BCUT2D eigenvalue weighted by molar-refractivity contribution is 7.99. The van der Waals surface area contributed by atoms with Crippen molar-refractivity contribution < 1.29 is 14.5 Å². The first kappa shape index (κ1) is 23.9. The Hall–Kier alpha value is -3.79. The molecule has 0 spiro atoms. The van der Waals surface area contributed by atoms with E-state index in [1.807, 2.05) is 24.3 Å². The molecule has 0 unspecified atom stereocenters. The molecule has 0 fully saturated rings. The number of amides is 1. The Morgan fingerprint density at radius 2 is 1.88 bits per heavy atom. The average molecular weight is 466 g/mol. The highest BCUT2D eigenvalue weighted by Gasteiger charge is 2.16. The van der Waals surface area contributed by atoms with Gasteiger partial charge in [-0.1, -0.05) is 39.0 Å². The molecule has 1 amide bonds. The van der Waals surface area contributed by atoms with Crippen molar-refractivity contribution in [2.24, 2.45) is 5.10 Å². The lowest BCUT2D eigenvalue weighted by atomic mass is 9.87. The first-order valence-electron chi connectivity index (χ1n) is 10.0. The van der Waals surface area contributed by atoms with Gasteiger partial charge >= 0.3 is 0 Å². The van der Waals surface area contributed by atoms with Crippen molar-refractivity contribution in [3.05, 3.63) is 82.2 Å². The van der Waals surface area contributed by atoms with Gasteiger partial charge in [0, 0.05) is 24.0 Å². The summed E-state index contributed by atoms with van der Waals surface area (Å²) in [5.41, 5.74) is 3.90. The van der Waals surface area contributed by atoms with Crippen LogP contribution in [0.15, 0.2) is 76.1 Å². The number of hydrogen-bond donors (Lipinski definition) is 1. The van der Waals surface area contributed by atoms with E-state index >= 15 is 0 Å². The minimum absolute atomic E-state index is 0.0336. The fourth-order valence-electron chi connectivity index (χ4n) is 2.69. The zero-order valence-electron chi connectivity index (χ0n) is 18.4. The predicted molar refractivity (Wildman–Crippen MR) is 126 cm³/mol. The molecule has 33 heavy (non-hydrogen) atoms. The number of rotatable bonds is 8. The summed E-state index contributed by atoms with van der Waals surface area (Å²) in [7, 11) is 0. The van der Waals surface area contributed by atoms with Gasteiger partial charge in [0.15, 0.2) is 11.8 Å². The van der Waals surface area contributed by atoms with Gasteiger partial charge in [-0.05, 0) is 47.0 Å². The molecule has 0 saturated carbocycles. The molecule has 10 heteroatoms. The van der Waals surface area contributed by atoms with Crippen LogP contribution in [0.4, 0.5) is 5.69 Å². The Bertz CT molecular complexity index is 1150. The van der Waals surface area contributed by atoms with Gasteiger partial charge in [-0.25, -0.2) is 15.4 Å². The normalized spacial score (nSPS) is 11.4. The van der Waals surface area contributed by atoms with Crippen LogP contribution < -0.4 is 10.2 Å². The van der Waals surface area contributed by atoms with Gasteiger partial charge in [-0.2, -0.15) is 5.10 Å². The molecular weight excluding hydrogens is 442 g/mol. The van der Waals surface area contributed by atoms with Gasteiger partial charge in [0.2, 0.25) is 0 Å². The average Bonchev–Trinajstić information content (AvgIpc) is 2.79. The molecular formula is C23H23N5O4S. The van der Waals surface area contributed by atoms with Crippen LogP contribution in [0.5, 0.6) is 5.75 Å². The number of carbonyl (C=O) groups is 1. The highest BCUT2D eigenvalue weighted by atomic mass is 32.2. The van der Waals surface area contributed by atoms with E-state index in [0.29, 0.717) is 21.4 Å². The van der Waals surface area contributed by atoms with Gasteiger partial charge in [0.25, 0.3) is 11.6 Å². The Labute approximate surface area is 195 Å². The van der Waals surface area contributed by atoms with E-state index in [2.05, 4.69) is 41.3 Å². The van der Waals surface area contributed by atoms with E-state index in [4.69, 9.17) is 4.74 Å². The van der Waals surface area contributed by atoms with Crippen molar-refractivity contribution in [1.82, 2.24) is 15.4 Å². The molecule has 0 aliphatic heterocycles. The van der Waals surface area contributed by atoms with Crippen LogP contribution in [0.1, 0.15) is 31.9 Å². The maximum Gasteiger partial charge on any atom is 0.283 e. The fraction of sp³-hybridized carbons (Fsp3) is 0.217. The monoisotopic (exact) mass is 465 g/mol. The second-order valence-electron chi connectivity index (χ2n) is 7.97. The van der Waals surface area contributed by atoms with E-state index < -0.39 is 10.8 Å². The molecule has 0 saturated heterocycles. The van der Waals surface area contributed by atoms with Crippen LogP contribution >= 0.6 is 11.8 Å². The summed E-state index contributed by atoms with van der Waals surface area (Å²) in [5, 5.41) is 15.7. The molecule has 1 N–H and O–H groups in total. The first-order chi connectivity index (χ1) is 15.7. The third kappa shape index (κ3) is 7.11. The molecule has 0 atom stereocenters. The lowest BCUT2D eigenvalue weighted by molar-refractivity contribution is -0.387. The van der Waals surface area contributed by atoms with Gasteiger partial charge in [-0.3, -0.25) is 14.9 Å². The van der Waals surface area contributed by atoms with Crippen molar-refractivity contribution in [1.29, 1.82) is 0 Å². The Kier molecular flexibility index (Phi) is 7.73. The fourth-order valence-corrected chi connectivity index (χ4v) is 3.49. The second kappa shape index (κ2) is 10.7. The Balaban J connectivity index is 1.56. The van der Waals surface area contributed by atoms with Gasteiger partial charge < -0.3 is 4.74 Å². The highest BCUT2D eigenvalue weighted by Crippen LogP contribution is 2.33. The number of nitro groups is 1. The maximum atomic E-state index is 12.0. The largest absolute Gasteiger partial charge is 0.484 e. The molecule has 3 rings (SSSR count). The summed E-state index contributed by atoms with van der Waals surface area (Å²) in [4.78, 5) is 31.5. The van der Waals surface area contributed by atoms with Crippen LogP contribution in [0.2, 0.25) is 0 Å². The van der Waals surface area contributed by atoms with Crippen molar-refractivity contribution in [2.45, 2.75) is 36.2 Å². The molecule has 0 radical (unpaired) electrons. The quantitative estimate of drug-likeness (QED) is 0.227. The summed E-state index contributed by atoms with van der Waals surface area (Å²) < 4.78 is 5.47. The zero-order valence-corrected chi connectivity index (χ0v) is 19.2. The molecule has 170 valence electrons. The summed E-state index contributed by atoms with van der Waals surface area (Å²) in [5.74, 6) is 0.127. The number of aromatic nitrogens is 2. The number of ether oxygens (including phenoxy) is 1. The molecule has 2 aromatic carbocycles. The second-order valence-corrected chi connectivity index (χ2v) is 8.98. The third-order valence-corrected chi connectivity index (χ3v) is 5.37. The van der Waals surface area contributed by atoms with Crippen molar-refractivity contribution in [3.63, 3.8) is 0 Å². The van der Waals surface area contributed by atoms with Crippen LogP contribution in [-0.2, 0) is 10.2 Å². The minimum atomic E-state index is -0.486. The number of hydrazone groups is 1. The van der Waals surface area contributed by atoms with Gasteiger partial charge in [0.1, 0.15) is 5.75 Å². The smallest absolute Gasteiger partial charge is 0.283 e. The lowest BCUT2D eigenvalue weighted by Crippen LogP contribution is -2.24. The molecule has 9 nitrogen and oxygen atoms in total. The maximum absolute atomic E-state index is 12.0. The van der Waals surface area contributed by atoms with Crippen molar-refractivity contribution in [3.8, 4) is 5.75 Å². The third-order valence-electron chi connectivity index (χ3n) is 4.42. The molecule has 3 aromatic rings. The van der Waals surface area contributed by atoms with E-state index in [9.17, 15) is 14.9 Å². The molecule has 1 aromatic heterocycles. The van der Waals surface area contributed by atoms with E-state index in [0.717, 1.165) is 11.8 Å². The number of nitrogens with zero attached hydrogens (tertiary/aromatic N) is 4. The number of carbonyl (C=O) groups excluding carboxylic acids is 1. The zero-order chi connectivity index (χ0) is 23.8. The SMILES string of the molecule is CC(C)(C)c1ccc(OCC(=O)N/N=C/c2ccc(Sc3ncccn3)c([N+](=O)[O-])c2)cc1. The number of nitro benzene ring substituents is 1. The Morgan fingerprint density at radius 3 is 2.52 bits per heavy atom. The van der Waals surface area contributed by atoms with E-state index in [1.54, 1.807) is 30.6 Å². The molecule has 0 bridgehead atoms. The molecule has 0 aliphatic carbocycles. The van der Waals surface area contributed by atoms with Crippen LogP contribution in [0, 0.1) is 10.1 Å². The van der Waals surface area contributed by atoms with E-state index in [-0.39, 0.29) is 17.7 Å². The van der Waals surface area contributed by atoms with Crippen LogP contribution in [0.3, 0.4) is 0 Å². The minimum Gasteiger partial charge on any atom is -0.484 e. The van der Waals surface area contributed by atoms with Crippen molar-refractivity contribution >= 4 is 29.6 Å². The molecule has 0 aliphatic rings. The van der Waals surface area contributed by atoms with Gasteiger partial charge in [0.05, 0.1) is 16.0 Å². The first-order valence-corrected chi connectivity index (χ1v) is 10.8. The number of nitrogens with one attached hydrogen (secondary N) is 1. The lowest BCUT2D eigenvalue weighted by Gasteiger charge is -2.19. The topological polar surface area (TPSA) is 120 Å². The van der Waals surface area contributed by atoms with Crippen molar-refractivity contribution in [2.75, 3.05) is 6.61 Å². The summed E-state index contributed by atoms with van der Waals surface area (Å²) >= 11 is 1.09. The van der Waals surface area contributed by atoms with Gasteiger partial charge in [-0.15, -0.1) is 0 Å². The van der Waals surface area contributed by atoms with E-state index in [1.165, 1.54) is 17.8 Å². The number of benzene rings is 2. The summed E-state index contributed by atoms with van der Waals surface area (Å²) in [6, 6.07) is 13.8. The molecule has 1 heterocycles. The summed E-state index contributed by atoms with van der Waals surface area (Å²) in [6.07, 6.45) is 4.46. The summed E-state index contributed by atoms with van der Waals surface area (Å²) in [6.45, 7) is 6.14. The number of hydrogen-bond acceptors (Lipinski definition) is 8. The predicted octanol–water partition coefficient (Wildman–Crippen LogP) is 4.36. The standard InChI is InChI=1S/C23H23N5O4S/c1-23(2,3)17-6-8-18(9-7-17)32-15-21(29)27-26-14-16-5-10-20(19(13-16)28(30)31)33-22-24-11-4-12-25-22/h4-14H,15H2,1-3H3,(H,27,29)/b26-14+. The van der Waals surface area contributed by atoms with Crippen LogP contribution in [0.25, 0.3) is 0 Å². The van der Waals surface area contributed by atoms with Crippen LogP contribution in [-0.4, -0.2) is 33.6 Å².